The van der Waals surface area contributed by atoms with Gasteiger partial charge in [-0.05, 0) is 63.6 Å². The van der Waals surface area contributed by atoms with E-state index in [0.29, 0.717) is 5.95 Å². The Bertz CT molecular complexity index is 1170. The number of hydrogen-bond donors (Lipinski definition) is 2. The van der Waals surface area contributed by atoms with Crippen molar-refractivity contribution in [1.29, 1.82) is 0 Å². The summed E-state index contributed by atoms with van der Waals surface area (Å²) in [7, 11) is 0. The molecule has 156 valence electrons. The van der Waals surface area contributed by atoms with Crippen LogP contribution in [0.2, 0.25) is 0 Å². The standard InChI is InChI=1S/C25H26N6/c1-16-14-17(2)27-25(26-16)31-22-12-10-21(11-13-22)30-24-23(18(3)28-19(4)29-24)15-20-8-6-5-7-9-20/h5-14H,15H2,1-4H3,(H,26,27,31)(H,28,29,30). The summed E-state index contributed by atoms with van der Waals surface area (Å²) in [5.74, 6) is 2.19. The van der Waals surface area contributed by atoms with Gasteiger partial charge in [0.15, 0.2) is 0 Å². The molecule has 0 spiro atoms. The van der Waals surface area contributed by atoms with Crippen LogP contribution < -0.4 is 10.6 Å². The lowest BCUT2D eigenvalue weighted by Crippen LogP contribution is -2.06. The van der Waals surface area contributed by atoms with Gasteiger partial charge in [0.25, 0.3) is 0 Å². The second-order valence-corrected chi connectivity index (χ2v) is 7.65. The highest BCUT2D eigenvalue weighted by Crippen LogP contribution is 2.25. The molecule has 2 heterocycles. The number of aromatic nitrogens is 4. The summed E-state index contributed by atoms with van der Waals surface area (Å²) in [5, 5.41) is 6.74. The average Bonchev–Trinajstić information content (AvgIpc) is 2.72. The zero-order valence-electron chi connectivity index (χ0n) is 18.3. The van der Waals surface area contributed by atoms with Crippen molar-refractivity contribution >= 4 is 23.1 Å². The van der Waals surface area contributed by atoms with Crippen LogP contribution in [0.5, 0.6) is 0 Å². The minimum absolute atomic E-state index is 0.602. The highest BCUT2D eigenvalue weighted by Gasteiger charge is 2.12. The van der Waals surface area contributed by atoms with E-state index in [9.17, 15) is 0 Å². The SMILES string of the molecule is Cc1cc(C)nc(Nc2ccc(Nc3nc(C)nc(C)c3Cc3ccccc3)cc2)n1. The maximum Gasteiger partial charge on any atom is 0.227 e. The van der Waals surface area contributed by atoms with Crippen molar-refractivity contribution in [2.75, 3.05) is 10.6 Å². The summed E-state index contributed by atoms with van der Waals surface area (Å²) < 4.78 is 0. The van der Waals surface area contributed by atoms with E-state index in [-0.39, 0.29) is 0 Å². The van der Waals surface area contributed by atoms with Gasteiger partial charge < -0.3 is 10.6 Å². The van der Waals surface area contributed by atoms with E-state index in [0.717, 1.165) is 52.1 Å². The molecule has 4 aromatic rings. The minimum atomic E-state index is 0.602. The van der Waals surface area contributed by atoms with E-state index in [2.05, 4.69) is 54.8 Å². The molecule has 0 unspecified atom stereocenters. The smallest absolute Gasteiger partial charge is 0.227 e. The lowest BCUT2D eigenvalue weighted by molar-refractivity contribution is 0.965. The number of hydrogen-bond acceptors (Lipinski definition) is 6. The second-order valence-electron chi connectivity index (χ2n) is 7.65. The van der Waals surface area contributed by atoms with Gasteiger partial charge in [-0.2, -0.15) is 0 Å². The summed E-state index contributed by atoms with van der Waals surface area (Å²) in [5.41, 5.74) is 7.08. The second kappa shape index (κ2) is 8.92. The molecule has 2 aromatic carbocycles. The molecule has 0 radical (unpaired) electrons. The van der Waals surface area contributed by atoms with Crippen LogP contribution >= 0.6 is 0 Å². The van der Waals surface area contributed by atoms with Crippen molar-refractivity contribution in [3.8, 4) is 0 Å². The predicted octanol–water partition coefficient (Wildman–Crippen LogP) is 5.58. The van der Waals surface area contributed by atoms with Crippen LogP contribution in [0.25, 0.3) is 0 Å². The first kappa shape index (κ1) is 20.5. The molecule has 0 aliphatic heterocycles. The average molecular weight is 411 g/mol. The van der Waals surface area contributed by atoms with Crippen molar-refractivity contribution < 1.29 is 0 Å². The van der Waals surface area contributed by atoms with Crippen molar-refractivity contribution in [3.63, 3.8) is 0 Å². The summed E-state index contributed by atoms with van der Waals surface area (Å²) in [4.78, 5) is 18.1. The molecule has 2 aromatic heterocycles. The van der Waals surface area contributed by atoms with Crippen LogP contribution in [0.3, 0.4) is 0 Å². The van der Waals surface area contributed by atoms with Crippen molar-refractivity contribution in [1.82, 2.24) is 19.9 Å². The summed E-state index contributed by atoms with van der Waals surface area (Å²) >= 11 is 0. The zero-order chi connectivity index (χ0) is 21.8. The van der Waals surface area contributed by atoms with E-state index in [1.807, 2.05) is 64.1 Å². The first-order valence-electron chi connectivity index (χ1n) is 10.3. The van der Waals surface area contributed by atoms with Gasteiger partial charge in [-0.1, -0.05) is 30.3 Å². The molecule has 31 heavy (non-hydrogen) atoms. The number of nitrogens with zero attached hydrogens (tertiary/aromatic N) is 4. The molecule has 0 aliphatic carbocycles. The Morgan fingerprint density at radius 1 is 0.677 bits per heavy atom. The van der Waals surface area contributed by atoms with Crippen LogP contribution in [0.15, 0.2) is 60.7 Å². The van der Waals surface area contributed by atoms with Gasteiger partial charge in [0, 0.05) is 40.4 Å². The number of anilines is 4. The van der Waals surface area contributed by atoms with Gasteiger partial charge in [-0.3, -0.25) is 0 Å². The van der Waals surface area contributed by atoms with Crippen molar-refractivity contribution in [2.45, 2.75) is 34.1 Å². The molecule has 0 saturated carbocycles. The summed E-state index contributed by atoms with van der Waals surface area (Å²) in [6.45, 7) is 7.88. The molecule has 0 aliphatic rings. The first-order chi connectivity index (χ1) is 15.0. The van der Waals surface area contributed by atoms with Gasteiger partial charge >= 0.3 is 0 Å². The molecular weight excluding hydrogens is 384 g/mol. The van der Waals surface area contributed by atoms with Crippen LogP contribution in [-0.4, -0.2) is 19.9 Å². The number of aryl methyl sites for hydroxylation is 4. The molecule has 0 saturated heterocycles. The zero-order valence-corrected chi connectivity index (χ0v) is 18.3. The third-order valence-corrected chi connectivity index (χ3v) is 4.94. The van der Waals surface area contributed by atoms with Gasteiger partial charge in [-0.25, -0.2) is 19.9 Å². The molecule has 6 heteroatoms. The molecular formula is C25H26N6. The normalized spacial score (nSPS) is 10.7. The topological polar surface area (TPSA) is 75.6 Å². The molecule has 0 atom stereocenters. The Morgan fingerprint density at radius 3 is 1.94 bits per heavy atom. The predicted molar refractivity (Wildman–Crippen MR) is 125 cm³/mol. The van der Waals surface area contributed by atoms with Crippen molar-refractivity contribution in [2.24, 2.45) is 0 Å². The first-order valence-corrected chi connectivity index (χ1v) is 10.3. The third-order valence-electron chi connectivity index (χ3n) is 4.94. The fraction of sp³-hybridized carbons (Fsp3) is 0.200. The third kappa shape index (κ3) is 5.22. The van der Waals surface area contributed by atoms with E-state index >= 15 is 0 Å². The quantitative estimate of drug-likeness (QED) is 0.432. The van der Waals surface area contributed by atoms with Crippen LogP contribution in [0.4, 0.5) is 23.1 Å². The van der Waals surface area contributed by atoms with Gasteiger partial charge in [-0.15, -0.1) is 0 Å². The lowest BCUT2D eigenvalue weighted by Gasteiger charge is -2.15. The molecule has 4 rings (SSSR count). The molecule has 0 amide bonds. The van der Waals surface area contributed by atoms with E-state index in [1.54, 1.807) is 0 Å². The highest BCUT2D eigenvalue weighted by molar-refractivity contribution is 5.65. The molecule has 0 bridgehead atoms. The summed E-state index contributed by atoms with van der Waals surface area (Å²) in [6.07, 6.45) is 0.777. The molecule has 0 fully saturated rings. The maximum absolute atomic E-state index is 4.68. The van der Waals surface area contributed by atoms with E-state index in [4.69, 9.17) is 0 Å². The monoisotopic (exact) mass is 410 g/mol. The Hall–Kier alpha value is -3.80. The number of rotatable bonds is 6. The Labute approximate surface area is 182 Å². The Kier molecular flexibility index (Phi) is 5.89. The van der Waals surface area contributed by atoms with Gasteiger partial charge in [0.2, 0.25) is 5.95 Å². The fourth-order valence-corrected chi connectivity index (χ4v) is 3.54. The van der Waals surface area contributed by atoms with Gasteiger partial charge in [0.1, 0.15) is 11.6 Å². The van der Waals surface area contributed by atoms with Crippen LogP contribution in [-0.2, 0) is 6.42 Å². The Morgan fingerprint density at radius 2 is 1.29 bits per heavy atom. The van der Waals surface area contributed by atoms with Crippen molar-refractivity contribution in [3.05, 3.63) is 94.7 Å². The maximum atomic E-state index is 4.68. The fourth-order valence-electron chi connectivity index (χ4n) is 3.54. The van der Waals surface area contributed by atoms with E-state index in [1.165, 1.54) is 5.56 Å². The van der Waals surface area contributed by atoms with Crippen LogP contribution in [0, 0.1) is 27.7 Å². The van der Waals surface area contributed by atoms with E-state index < -0.39 is 0 Å². The molecule has 2 N–H and O–H groups in total. The minimum Gasteiger partial charge on any atom is -0.340 e. The number of nitrogens with one attached hydrogen (secondary N) is 2. The van der Waals surface area contributed by atoms with Crippen LogP contribution in [0.1, 0.15) is 34.0 Å². The number of benzene rings is 2. The largest absolute Gasteiger partial charge is 0.340 e. The highest BCUT2D eigenvalue weighted by atomic mass is 15.1. The lowest BCUT2D eigenvalue weighted by atomic mass is 10.0. The summed E-state index contributed by atoms with van der Waals surface area (Å²) in [6, 6.07) is 20.4. The Balaban J connectivity index is 1.55. The van der Waals surface area contributed by atoms with Gasteiger partial charge in [0.05, 0.1) is 0 Å². The molecule has 6 nitrogen and oxygen atoms in total.